The summed E-state index contributed by atoms with van der Waals surface area (Å²) in [5.41, 5.74) is 4.31. The number of carbonyl (C=O) groups excluding carboxylic acids is 1. The Balaban J connectivity index is 1.84. The van der Waals surface area contributed by atoms with Crippen molar-refractivity contribution in [1.82, 2.24) is 9.97 Å². The molecule has 3 aromatic rings. The number of anilines is 3. The Morgan fingerprint density at radius 3 is 2.74 bits per heavy atom. The van der Waals surface area contributed by atoms with Crippen LogP contribution in [0.15, 0.2) is 54.9 Å². The van der Waals surface area contributed by atoms with Crippen LogP contribution in [-0.2, 0) is 6.42 Å². The molecule has 0 aliphatic rings. The van der Waals surface area contributed by atoms with Gasteiger partial charge in [-0.3, -0.25) is 4.79 Å². The van der Waals surface area contributed by atoms with E-state index in [0.29, 0.717) is 17.1 Å². The number of para-hydroxylation sites is 2. The first-order valence-electron chi connectivity index (χ1n) is 8.60. The number of aryl methyl sites for hydroxylation is 2. The van der Waals surface area contributed by atoms with E-state index in [0.717, 1.165) is 17.7 Å². The van der Waals surface area contributed by atoms with Crippen LogP contribution in [0.5, 0.6) is 0 Å². The van der Waals surface area contributed by atoms with Crippen molar-refractivity contribution in [1.29, 1.82) is 5.26 Å². The maximum Gasteiger partial charge on any atom is 0.274 e. The molecule has 6 nitrogen and oxygen atoms in total. The molecule has 0 unspecified atom stereocenters. The number of amides is 1. The van der Waals surface area contributed by atoms with Crippen LogP contribution < -0.4 is 10.6 Å². The summed E-state index contributed by atoms with van der Waals surface area (Å²) in [6.45, 7) is 4.11. The monoisotopic (exact) mass is 357 g/mol. The van der Waals surface area contributed by atoms with E-state index >= 15 is 0 Å². The van der Waals surface area contributed by atoms with Gasteiger partial charge in [0, 0.05) is 11.8 Å². The molecule has 0 bridgehead atoms. The third kappa shape index (κ3) is 4.10. The van der Waals surface area contributed by atoms with Crippen LogP contribution in [-0.4, -0.2) is 15.9 Å². The Bertz CT molecular complexity index is 1020. The first-order chi connectivity index (χ1) is 13.1. The lowest BCUT2D eigenvalue weighted by Gasteiger charge is -2.14. The van der Waals surface area contributed by atoms with Crippen molar-refractivity contribution >= 4 is 23.1 Å². The van der Waals surface area contributed by atoms with Crippen LogP contribution in [0.1, 0.15) is 34.1 Å². The van der Waals surface area contributed by atoms with Gasteiger partial charge in [-0.05, 0) is 36.6 Å². The van der Waals surface area contributed by atoms with Gasteiger partial charge in [-0.25, -0.2) is 9.97 Å². The number of hydrogen-bond donors (Lipinski definition) is 2. The van der Waals surface area contributed by atoms with Crippen LogP contribution in [0.4, 0.5) is 17.2 Å². The predicted octanol–water partition coefficient (Wildman–Crippen LogP) is 4.22. The number of rotatable bonds is 5. The molecule has 0 saturated heterocycles. The third-order valence-electron chi connectivity index (χ3n) is 4.19. The Hall–Kier alpha value is -3.72. The highest BCUT2D eigenvalue weighted by atomic mass is 16.1. The van der Waals surface area contributed by atoms with Crippen molar-refractivity contribution in [3.8, 4) is 6.07 Å². The van der Waals surface area contributed by atoms with Gasteiger partial charge in [-0.2, -0.15) is 5.26 Å². The topological polar surface area (TPSA) is 90.7 Å². The fraction of sp³-hybridized carbons (Fsp3) is 0.143. The van der Waals surface area contributed by atoms with Gasteiger partial charge >= 0.3 is 0 Å². The maximum atomic E-state index is 12.5. The largest absolute Gasteiger partial charge is 0.340 e. The fourth-order valence-electron chi connectivity index (χ4n) is 2.76. The van der Waals surface area contributed by atoms with Gasteiger partial charge in [0.1, 0.15) is 23.9 Å². The second-order valence-corrected chi connectivity index (χ2v) is 5.99. The van der Waals surface area contributed by atoms with E-state index in [-0.39, 0.29) is 5.69 Å². The quantitative estimate of drug-likeness (QED) is 0.713. The molecule has 2 N–H and O–H groups in total. The summed E-state index contributed by atoms with van der Waals surface area (Å²) in [5.74, 6) is 0.136. The van der Waals surface area contributed by atoms with Crippen LogP contribution in [0.3, 0.4) is 0 Å². The van der Waals surface area contributed by atoms with Gasteiger partial charge in [0.15, 0.2) is 0 Å². The first-order valence-corrected chi connectivity index (χ1v) is 8.60. The van der Waals surface area contributed by atoms with Gasteiger partial charge < -0.3 is 10.6 Å². The molecule has 1 heterocycles. The number of benzene rings is 2. The molecule has 134 valence electrons. The second-order valence-electron chi connectivity index (χ2n) is 5.99. The SMILES string of the molecule is CCc1cccc(C)c1Nc1cc(C(=O)Nc2ccccc2C#N)ncn1. The summed E-state index contributed by atoms with van der Waals surface area (Å²) < 4.78 is 0. The van der Waals surface area contributed by atoms with E-state index in [1.54, 1.807) is 30.3 Å². The standard InChI is InChI=1S/C21H19N5O/c1-3-15-9-6-7-14(2)20(15)26-19-11-18(23-13-24-19)21(27)25-17-10-5-4-8-16(17)12-22/h4-11,13H,3H2,1-2H3,(H,25,27)(H,23,24,26). The summed E-state index contributed by atoms with van der Waals surface area (Å²) in [5, 5.41) is 15.2. The lowest BCUT2D eigenvalue weighted by atomic mass is 10.1. The van der Waals surface area contributed by atoms with E-state index in [9.17, 15) is 4.79 Å². The minimum atomic E-state index is -0.399. The Labute approximate surface area is 157 Å². The molecule has 2 aromatic carbocycles. The zero-order chi connectivity index (χ0) is 19.2. The number of aromatic nitrogens is 2. The molecule has 0 radical (unpaired) electrons. The Morgan fingerprint density at radius 1 is 1.15 bits per heavy atom. The van der Waals surface area contributed by atoms with E-state index in [1.165, 1.54) is 11.9 Å². The smallest absolute Gasteiger partial charge is 0.274 e. The third-order valence-corrected chi connectivity index (χ3v) is 4.19. The summed E-state index contributed by atoms with van der Waals surface area (Å²) in [7, 11) is 0. The highest BCUT2D eigenvalue weighted by molar-refractivity contribution is 6.04. The molecular weight excluding hydrogens is 338 g/mol. The molecule has 1 aromatic heterocycles. The maximum absolute atomic E-state index is 12.5. The molecule has 0 spiro atoms. The molecular formula is C21H19N5O. The fourth-order valence-corrected chi connectivity index (χ4v) is 2.76. The molecule has 0 aliphatic carbocycles. The summed E-state index contributed by atoms with van der Waals surface area (Å²) in [6.07, 6.45) is 2.23. The molecule has 0 fully saturated rings. The zero-order valence-corrected chi connectivity index (χ0v) is 15.2. The molecule has 0 atom stereocenters. The summed E-state index contributed by atoms with van der Waals surface area (Å²) >= 11 is 0. The number of nitrogens with one attached hydrogen (secondary N) is 2. The Kier molecular flexibility index (Phi) is 5.43. The van der Waals surface area contributed by atoms with Crippen molar-refractivity contribution < 1.29 is 4.79 Å². The zero-order valence-electron chi connectivity index (χ0n) is 15.2. The molecule has 3 rings (SSSR count). The van der Waals surface area contributed by atoms with Crippen molar-refractivity contribution in [2.45, 2.75) is 20.3 Å². The van der Waals surface area contributed by atoms with E-state index < -0.39 is 5.91 Å². The number of nitrogens with zero attached hydrogens (tertiary/aromatic N) is 3. The second kappa shape index (κ2) is 8.11. The van der Waals surface area contributed by atoms with Gasteiger partial charge in [-0.1, -0.05) is 37.3 Å². The molecule has 6 heteroatoms. The normalized spacial score (nSPS) is 10.1. The van der Waals surface area contributed by atoms with Crippen molar-refractivity contribution in [2.24, 2.45) is 0 Å². The van der Waals surface area contributed by atoms with Gasteiger partial charge in [-0.15, -0.1) is 0 Å². The van der Waals surface area contributed by atoms with Crippen molar-refractivity contribution in [3.05, 3.63) is 77.2 Å². The molecule has 0 saturated carbocycles. The number of hydrogen-bond acceptors (Lipinski definition) is 5. The van der Waals surface area contributed by atoms with Crippen molar-refractivity contribution in [3.63, 3.8) is 0 Å². The summed E-state index contributed by atoms with van der Waals surface area (Å²) in [6, 6.07) is 16.6. The predicted molar refractivity (Wildman–Crippen MR) is 105 cm³/mol. The summed E-state index contributed by atoms with van der Waals surface area (Å²) in [4.78, 5) is 20.8. The minimum Gasteiger partial charge on any atom is -0.340 e. The van der Waals surface area contributed by atoms with Crippen LogP contribution in [0.2, 0.25) is 0 Å². The minimum absolute atomic E-state index is 0.215. The molecule has 27 heavy (non-hydrogen) atoms. The van der Waals surface area contributed by atoms with Crippen LogP contribution in [0.25, 0.3) is 0 Å². The number of carbonyl (C=O) groups is 1. The van der Waals surface area contributed by atoms with E-state index in [2.05, 4.69) is 39.7 Å². The first kappa shape index (κ1) is 18.1. The van der Waals surface area contributed by atoms with Crippen LogP contribution >= 0.6 is 0 Å². The highest BCUT2D eigenvalue weighted by Crippen LogP contribution is 2.24. The van der Waals surface area contributed by atoms with E-state index in [1.807, 2.05) is 19.1 Å². The lowest BCUT2D eigenvalue weighted by molar-refractivity contribution is 0.102. The molecule has 0 aliphatic heterocycles. The van der Waals surface area contributed by atoms with Crippen molar-refractivity contribution in [2.75, 3.05) is 10.6 Å². The van der Waals surface area contributed by atoms with Crippen LogP contribution in [0, 0.1) is 18.3 Å². The average molecular weight is 357 g/mol. The highest BCUT2D eigenvalue weighted by Gasteiger charge is 2.12. The van der Waals surface area contributed by atoms with Gasteiger partial charge in [0.25, 0.3) is 5.91 Å². The van der Waals surface area contributed by atoms with Gasteiger partial charge in [0.2, 0.25) is 0 Å². The number of nitriles is 1. The lowest BCUT2D eigenvalue weighted by Crippen LogP contribution is -2.15. The molecule has 1 amide bonds. The average Bonchev–Trinajstić information content (AvgIpc) is 2.70. The Morgan fingerprint density at radius 2 is 1.96 bits per heavy atom. The van der Waals surface area contributed by atoms with Gasteiger partial charge in [0.05, 0.1) is 11.3 Å². The van der Waals surface area contributed by atoms with E-state index in [4.69, 9.17) is 5.26 Å².